The van der Waals surface area contributed by atoms with Gasteiger partial charge in [-0.2, -0.15) is 13.2 Å². The summed E-state index contributed by atoms with van der Waals surface area (Å²) in [5, 5.41) is 10.0. The van der Waals surface area contributed by atoms with Crippen molar-refractivity contribution in [1.29, 1.82) is 0 Å². The lowest BCUT2D eigenvalue weighted by Crippen LogP contribution is -2.45. The Morgan fingerprint density at radius 1 is 1.28 bits per heavy atom. The highest BCUT2D eigenvalue weighted by molar-refractivity contribution is 5.92. The standard InChI is InChI=1S/C8H11F3N2O5/c1-18-7(17)12-5(14)2-13(3-6(15)16)4-8(9,10)11/h2-4H2,1H3,(H,15,16)(H,12,14,17). The molecule has 10 heteroatoms. The van der Waals surface area contributed by atoms with Crippen molar-refractivity contribution in [3.63, 3.8) is 0 Å². The monoisotopic (exact) mass is 272 g/mol. The van der Waals surface area contributed by atoms with Crippen molar-refractivity contribution in [2.45, 2.75) is 6.18 Å². The number of carboxylic acids is 1. The molecule has 0 aromatic heterocycles. The molecule has 0 aliphatic rings. The molecule has 0 unspecified atom stereocenters. The largest absolute Gasteiger partial charge is 0.480 e. The minimum atomic E-state index is -4.65. The number of halogens is 3. The van der Waals surface area contributed by atoms with Gasteiger partial charge in [-0.1, -0.05) is 0 Å². The molecular formula is C8H11F3N2O5. The molecule has 0 heterocycles. The third-order valence-corrected chi connectivity index (χ3v) is 1.56. The van der Waals surface area contributed by atoms with E-state index < -0.39 is 43.8 Å². The lowest BCUT2D eigenvalue weighted by atomic mass is 10.4. The number of carbonyl (C=O) groups is 3. The van der Waals surface area contributed by atoms with Gasteiger partial charge in [0.1, 0.15) is 0 Å². The number of hydrogen-bond donors (Lipinski definition) is 2. The second-order valence-corrected chi connectivity index (χ2v) is 3.19. The summed E-state index contributed by atoms with van der Waals surface area (Å²) < 4.78 is 40.3. The van der Waals surface area contributed by atoms with Crippen molar-refractivity contribution >= 4 is 18.0 Å². The number of nitrogens with one attached hydrogen (secondary N) is 1. The van der Waals surface area contributed by atoms with Crippen molar-refractivity contribution in [3.05, 3.63) is 0 Å². The van der Waals surface area contributed by atoms with Crippen LogP contribution in [-0.2, 0) is 14.3 Å². The van der Waals surface area contributed by atoms with Crippen LogP contribution in [0.3, 0.4) is 0 Å². The molecule has 0 bridgehead atoms. The van der Waals surface area contributed by atoms with Crippen LogP contribution in [-0.4, -0.2) is 60.9 Å². The molecule has 7 nitrogen and oxygen atoms in total. The zero-order chi connectivity index (χ0) is 14.3. The van der Waals surface area contributed by atoms with Crippen LogP contribution in [0, 0.1) is 0 Å². The molecular weight excluding hydrogens is 261 g/mol. The van der Waals surface area contributed by atoms with Crippen molar-refractivity contribution < 1.29 is 37.4 Å². The smallest absolute Gasteiger partial charge is 0.413 e. The van der Waals surface area contributed by atoms with Crippen LogP contribution in [0.25, 0.3) is 0 Å². The van der Waals surface area contributed by atoms with Gasteiger partial charge >= 0.3 is 18.2 Å². The fourth-order valence-electron chi connectivity index (χ4n) is 1.02. The summed E-state index contributed by atoms with van der Waals surface area (Å²) in [5.74, 6) is -2.61. The molecule has 0 rings (SSSR count). The second-order valence-electron chi connectivity index (χ2n) is 3.19. The topological polar surface area (TPSA) is 95.9 Å². The van der Waals surface area contributed by atoms with Crippen LogP contribution in [0.4, 0.5) is 18.0 Å². The van der Waals surface area contributed by atoms with Gasteiger partial charge in [-0.15, -0.1) is 0 Å². The van der Waals surface area contributed by atoms with Crippen LogP contribution in [0.5, 0.6) is 0 Å². The van der Waals surface area contributed by atoms with E-state index in [9.17, 15) is 27.6 Å². The minimum Gasteiger partial charge on any atom is -0.480 e. The number of rotatable bonds is 5. The second kappa shape index (κ2) is 6.79. The first-order chi connectivity index (χ1) is 8.14. The highest BCUT2D eigenvalue weighted by Gasteiger charge is 2.32. The number of amides is 2. The summed E-state index contributed by atoms with van der Waals surface area (Å²) in [6.45, 7) is -3.44. The van der Waals surface area contributed by atoms with Gasteiger partial charge in [0, 0.05) is 0 Å². The maximum atomic E-state index is 12.1. The molecule has 0 spiro atoms. The molecule has 0 atom stereocenters. The van der Waals surface area contributed by atoms with Gasteiger partial charge in [0.05, 0.1) is 26.7 Å². The van der Waals surface area contributed by atoms with E-state index in [-0.39, 0.29) is 0 Å². The summed E-state index contributed by atoms with van der Waals surface area (Å²) in [5.41, 5.74) is 0. The van der Waals surface area contributed by atoms with E-state index in [4.69, 9.17) is 5.11 Å². The maximum absolute atomic E-state index is 12.1. The van der Waals surface area contributed by atoms with E-state index in [1.165, 1.54) is 0 Å². The van der Waals surface area contributed by atoms with Gasteiger partial charge in [-0.05, 0) is 0 Å². The Bertz CT molecular complexity index is 331. The Hall–Kier alpha value is -1.84. The summed E-state index contributed by atoms with van der Waals surface area (Å²) >= 11 is 0. The molecule has 2 N–H and O–H groups in total. The zero-order valence-electron chi connectivity index (χ0n) is 9.28. The van der Waals surface area contributed by atoms with Gasteiger partial charge in [0.25, 0.3) is 0 Å². The Kier molecular flexibility index (Phi) is 6.09. The van der Waals surface area contributed by atoms with Crippen molar-refractivity contribution in [2.24, 2.45) is 0 Å². The van der Waals surface area contributed by atoms with Gasteiger partial charge in [-0.25, -0.2) is 4.79 Å². The van der Waals surface area contributed by atoms with Crippen molar-refractivity contribution in [3.8, 4) is 0 Å². The highest BCUT2D eigenvalue weighted by Crippen LogP contribution is 2.16. The fraction of sp³-hybridized carbons (Fsp3) is 0.625. The number of alkyl halides is 3. The Labute approximate surface area is 99.5 Å². The molecule has 0 aliphatic carbocycles. The SMILES string of the molecule is COC(=O)NC(=O)CN(CC(=O)O)CC(F)(F)F. The average molecular weight is 272 g/mol. The molecule has 0 fully saturated rings. The Morgan fingerprint density at radius 2 is 1.83 bits per heavy atom. The van der Waals surface area contributed by atoms with E-state index >= 15 is 0 Å². The Balaban J connectivity index is 4.44. The summed E-state index contributed by atoms with van der Waals surface area (Å²) in [6, 6.07) is 0. The van der Waals surface area contributed by atoms with E-state index in [0.29, 0.717) is 4.90 Å². The number of alkyl carbamates (subject to hydrolysis) is 1. The van der Waals surface area contributed by atoms with Crippen LogP contribution in [0.15, 0.2) is 0 Å². The number of aliphatic carboxylic acids is 1. The number of carboxylic acid groups (broad SMARTS) is 1. The van der Waals surface area contributed by atoms with Crippen LogP contribution in [0.2, 0.25) is 0 Å². The Morgan fingerprint density at radius 3 is 2.22 bits per heavy atom. The number of hydrogen-bond acceptors (Lipinski definition) is 5. The predicted octanol–water partition coefficient (Wildman–Crippen LogP) is -0.182. The quantitative estimate of drug-likeness (QED) is 0.720. The number of carbonyl (C=O) groups excluding carboxylic acids is 2. The van der Waals surface area contributed by atoms with Gasteiger partial charge in [0.15, 0.2) is 0 Å². The number of methoxy groups -OCH3 is 1. The summed E-state index contributed by atoms with van der Waals surface area (Å²) in [6.07, 6.45) is -5.79. The summed E-state index contributed by atoms with van der Waals surface area (Å²) in [4.78, 5) is 32.3. The lowest BCUT2D eigenvalue weighted by Gasteiger charge is -2.20. The molecule has 104 valence electrons. The first kappa shape index (κ1) is 16.2. The minimum absolute atomic E-state index is 0.334. The van der Waals surface area contributed by atoms with Crippen molar-refractivity contribution in [1.82, 2.24) is 10.2 Å². The number of nitrogens with zero attached hydrogens (tertiary/aromatic N) is 1. The first-order valence-electron chi connectivity index (χ1n) is 4.52. The first-order valence-corrected chi connectivity index (χ1v) is 4.52. The molecule has 2 amide bonds. The van der Waals surface area contributed by atoms with Crippen molar-refractivity contribution in [2.75, 3.05) is 26.7 Å². The van der Waals surface area contributed by atoms with E-state index in [1.807, 2.05) is 0 Å². The number of imide groups is 1. The highest BCUT2D eigenvalue weighted by atomic mass is 19.4. The lowest BCUT2D eigenvalue weighted by molar-refractivity contribution is -0.155. The van der Waals surface area contributed by atoms with E-state index in [2.05, 4.69) is 4.74 Å². The van der Waals surface area contributed by atoms with E-state index in [0.717, 1.165) is 7.11 Å². The summed E-state index contributed by atoms with van der Waals surface area (Å²) in [7, 11) is 0.966. The molecule has 0 aromatic carbocycles. The van der Waals surface area contributed by atoms with Crippen LogP contribution >= 0.6 is 0 Å². The third kappa shape index (κ3) is 8.33. The number of ether oxygens (including phenoxy) is 1. The molecule has 0 radical (unpaired) electrons. The third-order valence-electron chi connectivity index (χ3n) is 1.56. The maximum Gasteiger partial charge on any atom is 0.413 e. The average Bonchev–Trinajstić information content (AvgIpc) is 2.12. The molecule has 0 aliphatic heterocycles. The zero-order valence-corrected chi connectivity index (χ0v) is 9.28. The van der Waals surface area contributed by atoms with Gasteiger partial charge < -0.3 is 9.84 Å². The van der Waals surface area contributed by atoms with Crippen LogP contribution in [0.1, 0.15) is 0 Å². The molecule has 0 saturated carbocycles. The molecule has 0 aromatic rings. The van der Waals surface area contributed by atoms with Gasteiger partial charge in [-0.3, -0.25) is 19.8 Å². The normalized spacial score (nSPS) is 11.2. The fourth-order valence-corrected chi connectivity index (χ4v) is 1.02. The van der Waals surface area contributed by atoms with E-state index in [1.54, 1.807) is 5.32 Å². The molecule has 18 heavy (non-hydrogen) atoms. The van der Waals surface area contributed by atoms with Crippen LogP contribution < -0.4 is 5.32 Å². The predicted molar refractivity (Wildman–Crippen MR) is 50.7 cm³/mol. The van der Waals surface area contributed by atoms with Gasteiger partial charge in [0.2, 0.25) is 5.91 Å². The molecule has 0 saturated heterocycles.